The molecule has 1 N–H and O–H groups in total. The number of anilines is 2. The van der Waals surface area contributed by atoms with Crippen LogP contribution in [0.4, 0.5) is 20.7 Å². The summed E-state index contributed by atoms with van der Waals surface area (Å²) < 4.78 is 21.5. The molecule has 3 aromatic rings. The Balaban J connectivity index is 1.40. The van der Waals surface area contributed by atoms with Crippen LogP contribution >= 0.6 is 32.2 Å². The Hall–Kier alpha value is -2.04. The molecular formula is C24H29FIN6O2P. The number of amides is 2. The molecule has 2 aliphatic heterocycles. The Morgan fingerprint density at radius 3 is 2.80 bits per heavy atom. The molecule has 2 saturated heterocycles. The van der Waals surface area contributed by atoms with Crippen molar-refractivity contribution in [3.05, 3.63) is 47.8 Å². The van der Waals surface area contributed by atoms with E-state index in [0.717, 1.165) is 54.5 Å². The maximum Gasteiger partial charge on any atom is 0.321 e. The molecule has 35 heavy (non-hydrogen) atoms. The molecule has 0 radical (unpaired) electrons. The molecule has 0 spiro atoms. The smallest absolute Gasteiger partial charge is 0.321 e. The van der Waals surface area contributed by atoms with E-state index in [1.165, 1.54) is 0 Å². The molecule has 0 saturated carbocycles. The summed E-state index contributed by atoms with van der Waals surface area (Å²) in [6, 6.07) is 7.70. The molecular weight excluding hydrogens is 581 g/mol. The van der Waals surface area contributed by atoms with Crippen LogP contribution in [-0.4, -0.2) is 51.3 Å². The normalized spacial score (nSPS) is 19.9. The van der Waals surface area contributed by atoms with Gasteiger partial charge in [0.05, 0.1) is 18.3 Å². The number of fused-ring (bicyclic) bond motifs is 1. The minimum atomic E-state index is -1.04. The van der Waals surface area contributed by atoms with E-state index in [4.69, 9.17) is 8.05 Å². The van der Waals surface area contributed by atoms with Crippen LogP contribution in [0, 0.1) is 0 Å². The first-order valence-corrected chi connectivity index (χ1v) is 13.4. The summed E-state index contributed by atoms with van der Waals surface area (Å²) in [7, 11) is 2.71. The Labute approximate surface area is 220 Å². The van der Waals surface area contributed by atoms with Gasteiger partial charge in [0, 0.05) is 25.8 Å². The highest BCUT2D eigenvalue weighted by atomic mass is 127. The van der Waals surface area contributed by atoms with Crippen molar-refractivity contribution in [2.45, 2.75) is 50.9 Å². The van der Waals surface area contributed by atoms with E-state index in [2.05, 4.69) is 30.6 Å². The Morgan fingerprint density at radius 2 is 2.06 bits per heavy atom. The summed E-state index contributed by atoms with van der Waals surface area (Å²) in [6.45, 7) is 3.72. The maximum absolute atomic E-state index is 14.4. The van der Waals surface area contributed by atoms with Crippen molar-refractivity contribution in [3.63, 3.8) is 0 Å². The second-order valence-corrected chi connectivity index (χ2v) is 10.3. The highest BCUT2D eigenvalue weighted by Gasteiger charge is 2.31. The number of halogens is 2. The van der Waals surface area contributed by atoms with Crippen LogP contribution in [0.1, 0.15) is 55.9 Å². The van der Waals surface area contributed by atoms with Crippen molar-refractivity contribution in [2.24, 2.45) is 0 Å². The number of hydrogen-bond donors (Lipinski definition) is 1. The summed E-state index contributed by atoms with van der Waals surface area (Å²) in [4.78, 5) is 21.8. The molecule has 2 amide bonds. The van der Waals surface area contributed by atoms with Gasteiger partial charge in [0.1, 0.15) is 40.7 Å². The van der Waals surface area contributed by atoms with Gasteiger partial charge in [-0.25, -0.2) is 18.7 Å². The molecule has 0 bridgehead atoms. The Morgan fingerprint density at radius 1 is 1.26 bits per heavy atom. The fourth-order valence-electron chi connectivity index (χ4n) is 5.06. The minimum Gasteiger partial charge on any atom is -0.349 e. The number of likely N-dealkylation sites (tertiary alicyclic amines) is 1. The molecule has 186 valence electrons. The topological polar surface area (TPSA) is 75.0 Å². The zero-order chi connectivity index (χ0) is 24.5. The van der Waals surface area contributed by atoms with Crippen LogP contribution < -0.4 is 15.5 Å². The SMILES string of the molecule is CC(F)c1ccc(P)cc1C1CCCN1c1ccn2ncc(NC(=O)N3CCC(OI)CC3)c2n1. The van der Waals surface area contributed by atoms with Crippen LogP contribution in [0.15, 0.2) is 36.7 Å². The summed E-state index contributed by atoms with van der Waals surface area (Å²) >= 11 is 1.93. The summed E-state index contributed by atoms with van der Waals surface area (Å²) in [5.41, 5.74) is 2.89. The molecule has 4 heterocycles. The lowest BCUT2D eigenvalue weighted by molar-refractivity contribution is 0.148. The average molecular weight is 610 g/mol. The quantitative estimate of drug-likeness (QED) is 0.327. The van der Waals surface area contributed by atoms with Crippen LogP contribution in [0.5, 0.6) is 0 Å². The highest BCUT2D eigenvalue weighted by Crippen LogP contribution is 2.39. The molecule has 8 nitrogen and oxygen atoms in total. The van der Waals surface area contributed by atoms with E-state index in [9.17, 15) is 9.18 Å². The van der Waals surface area contributed by atoms with Gasteiger partial charge >= 0.3 is 6.03 Å². The molecule has 2 fully saturated rings. The first kappa shape index (κ1) is 24.6. The van der Waals surface area contributed by atoms with Gasteiger partial charge in [-0.3, -0.25) is 0 Å². The monoisotopic (exact) mass is 610 g/mol. The first-order valence-electron chi connectivity index (χ1n) is 11.9. The third-order valence-electron chi connectivity index (χ3n) is 6.90. The maximum atomic E-state index is 14.4. The molecule has 11 heteroatoms. The highest BCUT2D eigenvalue weighted by molar-refractivity contribution is 14.1. The fourth-order valence-corrected chi connectivity index (χ4v) is 5.84. The number of alkyl halides is 1. The van der Waals surface area contributed by atoms with E-state index >= 15 is 0 Å². The Kier molecular flexibility index (Phi) is 7.41. The predicted molar refractivity (Wildman–Crippen MR) is 146 cm³/mol. The van der Waals surface area contributed by atoms with E-state index in [1.54, 1.807) is 22.5 Å². The number of nitrogens with one attached hydrogen (secondary N) is 1. The molecule has 5 rings (SSSR count). The number of benzene rings is 1. The number of carbonyl (C=O) groups excluding carboxylic acids is 1. The minimum absolute atomic E-state index is 0.0426. The van der Waals surface area contributed by atoms with Crippen LogP contribution in [0.2, 0.25) is 0 Å². The molecule has 3 unspecified atom stereocenters. The molecule has 0 aliphatic carbocycles. The number of hydrogen-bond acceptors (Lipinski definition) is 5. The van der Waals surface area contributed by atoms with Gasteiger partial charge in [0.15, 0.2) is 5.65 Å². The molecule has 3 atom stereocenters. The van der Waals surface area contributed by atoms with E-state index < -0.39 is 6.17 Å². The van der Waals surface area contributed by atoms with Gasteiger partial charge in [-0.1, -0.05) is 12.1 Å². The number of rotatable bonds is 5. The fraction of sp³-hybridized carbons (Fsp3) is 0.458. The van der Waals surface area contributed by atoms with Gasteiger partial charge in [-0.15, -0.1) is 9.24 Å². The third-order valence-corrected chi connectivity index (χ3v) is 7.97. The lowest BCUT2D eigenvalue weighted by Gasteiger charge is -2.30. The number of piperidine rings is 1. The van der Waals surface area contributed by atoms with Gasteiger partial charge in [-0.2, -0.15) is 5.10 Å². The summed E-state index contributed by atoms with van der Waals surface area (Å²) in [5, 5.41) is 8.39. The summed E-state index contributed by atoms with van der Waals surface area (Å²) in [6.07, 6.45) is 6.21. The van der Waals surface area contributed by atoms with Crippen molar-refractivity contribution in [2.75, 3.05) is 29.9 Å². The van der Waals surface area contributed by atoms with Crippen molar-refractivity contribution >= 4 is 60.7 Å². The van der Waals surface area contributed by atoms with Crippen molar-refractivity contribution in [1.29, 1.82) is 0 Å². The second-order valence-electron chi connectivity index (χ2n) is 9.17. The van der Waals surface area contributed by atoms with Gasteiger partial charge in [0.2, 0.25) is 0 Å². The molecule has 2 aliphatic rings. The van der Waals surface area contributed by atoms with E-state index in [1.807, 2.05) is 47.4 Å². The van der Waals surface area contributed by atoms with Crippen molar-refractivity contribution in [1.82, 2.24) is 19.5 Å². The number of urea groups is 1. The number of carbonyl (C=O) groups is 1. The van der Waals surface area contributed by atoms with Gasteiger partial charge in [-0.05, 0) is 61.2 Å². The van der Waals surface area contributed by atoms with Crippen LogP contribution in [0.25, 0.3) is 5.65 Å². The Bertz CT molecular complexity index is 1220. The average Bonchev–Trinajstić information content (AvgIpc) is 3.51. The lowest BCUT2D eigenvalue weighted by Crippen LogP contribution is -2.42. The molecule has 1 aromatic carbocycles. The lowest BCUT2D eigenvalue weighted by atomic mass is 9.96. The first-order chi connectivity index (χ1) is 16.9. The van der Waals surface area contributed by atoms with Gasteiger partial charge in [0.25, 0.3) is 0 Å². The van der Waals surface area contributed by atoms with Crippen molar-refractivity contribution < 1.29 is 12.3 Å². The molecule has 2 aromatic heterocycles. The summed E-state index contributed by atoms with van der Waals surface area (Å²) in [5.74, 6) is 0.794. The van der Waals surface area contributed by atoms with Crippen molar-refractivity contribution in [3.8, 4) is 0 Å². The second kappa shape index (κ2) is 10.5. The standard InChI is InChI=1S/C24H29FIN6O2P/c1-15(25)18-5-4-17(35)13-19(18)21-3-2-9-31(21)22-8-12-32-23(29-22)20(14-27-32)28-24(33)30-10-6-16(34-26)7-11-30/h4-5,8,12-16,21H,2-3,6-7,9-11,35H2,1H3,(H,28,33). The number of nitrogens with zero attached hydrogens (tertiary/aromatic N) is 5. The van der Waals surface area contributed by atoms with Crippen LogP contribution in [0.3, 0.4) is 0 Å². The largest absolute Gasteiger partial charge is 0.349 e. The zero-order valence-electron chi connectivity index (χ0n) is 19.5. The van der Waals surface area contributed by atoms with Crippen LogP contribution in [-0.2, 0) is 3.07 Å². The van der Waals surface area contributed by atoms with Gasteiger partial charge < -0.3 is 18.2 Å². The van der Waals surface area contributed by atoms with E-state index in [-0.39, 0.29) is 18.2 Å². The predicted octanol–water partition coefficient (Wildman–Crippen LogP) is 4.96. The van der Waals surface area contributed by atoms with E-state index in [0.29, 0.717) is 24.4 Å². The number of aromatic nitrogens is 3. The third kappa shape index (κ3) is 5.11. The zero-order valence-corrected chi connectivity index (χ0v) is 22.8.